The van der Waals surface area contributed by atoms with Crippen LogP contribution < -0.4 is 5.32 Å². The van der Waals surface area contributed by atoms with Crippen LogP contribution in [0.25, 0.3) is 0 Å². The Morgan fingerprint density at radius 1 is 1.41 bits per heavy atom. The van der Waals surface area contributed by atoms with Gasteiger partial charge in [0.05, 0.1) is 17.6 Å². The highest BCUT2D eigenvalue weighted by molar-refractivity contribution is 7.09. The van der Waals surface area contributed by atoms with E-state index in [4.69, 9.17) is 5.11 Å². The highest BCUT2D eigenvalue weighted by Gasteiger charge is 2.11. The Kier molecular flexibility index (Phi) is 3.24. The molecule has 6 heteroatoms. The van der Waals surface area contributed by atoms with E-state index in [1.165, 1.54) is 23.5 Å². The van der Waals surface area contributed by atoms with E-state index >= 15 is 0 Å². The maximum Gasteiger partial charge on any atom is 0.255 e. The predicted molar refractivity (Wildman–Crippen MR) is 63.1 cm³/mol. The second-order valence-corrected chi connectivity index (χ2v) is 4.32. The third-order valence-electron chi connectivity index (χ3n) is 2.13. The van der Waals surface area contributed by atoms with E-state index < -0.39 is 5.91 Å². The van der Waals surface area contributed by atoms with Gasteiger partial charge in [-0.3, -0.25) is 9.78 Å². The third-order valence-corrected chi connectivity index (χ3v) is 2.91. The minimum absolute atomic E-state index is 0.0819. The normalized spacial score (nSPS) is 10.1. The molecule has 0 saturated heterocycles. The lowest BCUT2D eigenvalue weighted by Gasteiger charge is -2.05. The molecule has 0 aliphatic carbocycles. The molecule has 0 fully saturated rings. The molecule has 5 nitrogen and oxygen atoms in total. The molecule has 2 aromatic rings. The zero-order valence-electron chi connectivity index (χ0n) is 8.75. The van der Waals surface area contributed by atoms with Crippen molar-refractivity contribution in [2.75, 3.05) is 0 Å². The van der Waals surface area contributed by atoms with E-state index in [2.05, 4.69) is 10.3 Å². The Morgan fingerprint density at radius 3 is 2.88 bits per heavy atom. The minimum Gasteiger partial charge on any atom is -0.508 e. The molecule has 1 heterocycles. The van der Waals surface area contributed by atoms with Crippen LogP contribution in [0, 0.1) is 0 Å². The summed E-state index contributed by atoms with van der Waals surface area (Å²) in [6, 6.07) is 3.84. The number of thiazole rings is 1. The average molecular weight is 250 g/mol. The van der Waals surface area contributed by atoms with E-state index in [1.807, 2.05) is 0 Å². The van der Waals surface area contributed by atoms with Gasteiger partial charge in [-0.1, -0.05) is 0 Å². The van der Waals surface area contributed by atoms with Gasteiger partial charge in [-0.15, -0.1) is 11.3 Å². The Balaban J connectivity index is 2.04. The fraction of sp³-hybridized carbons (Fsp3) is 0.0909. The summed E-state index contributed by atoms with van der Waals surface area (Å²) >= 11 is 1.44. The van der Waals surface area contributed by atoms with Crippen LogP contribution in [0.5, 0.6) is 11.5 Å². The Bertz CT molecular complexity index is 526. The maximum absolute atomic E-state index is 11.7. The lowest BCUT2D eigenvalue weighted by Crippen LogP contribution is -2.22. The number of benzene rings is 1. The van der Waals surface area contributed by atoms with Gasteiger partial charge in [0.1, 0.15) is 11.5 Å². The van der Waals surface area contributed by atoms with Crippen molar-refractivity contribution in [2.45, 2.75) is 6.54 Å². The van der Waals surface area contributed by atoms with Crippen molar-refractivity contribution in [3.05, 3.63) is 40.3 Å². The summed E-state index contributed by atoms with van der Waals surface area (Å²) in [5.74, 6) is -0.718. The molecule has 1 aromatic heterocycles. The summed E-state index contributed by atoms with van der Waals surface area (Å²) in [7, 11) is 0. The summed E-state index contributed by atoms with van der Waals surface area (Å²) < 4.78 is 0. The number of nitrogens with one attached hydrogen (secondary N) is 1. The molecule has 1 aromatic carbocycles. The van der Waals surface area contributed by atoms with Crippen molar-refractivity contribution in [2.24, 2.45) is 0 Å². The van der Waals surface area contributed by atoms with Crippen LogP contribution in [-0.4, -0.2) is 21.1 Å². The molecule has 0 saturated carbocycles. The molecule has 0 unspecified atom stereocenters. The second kappa shape index (κ2) is 4.84. The summed E-state index contributed by atoms with van der Waals surface area (Å²) in [6.45, 7) is 0.365. The van der Waals surface area contributed by atoms with Gasteiger partial charge in [-0.2, -0.15) is 0 Å². The van der Waals surface area contributed by atoms with E-state index in [-0.39, 0.29) is 17.1 Å². The summed E-state index contributed by atoms with van der Waals surface area (Å²) in [5.41, 5.74) is 1.81. The van der Waals surface area contributed by atoms with Gasteiger partial charge in [-0.05, 0) is 12.1 Å². The second-order valence-electron chi connectivity index (χ2n) is 3.35. The van der Waals surface area contributed by atoms with Crippen LogP contribution in [0.4, 0.5) is 0 Å². The largest absolute Gasteiger partial charge is 0.508 e. The fourth-order valence-electron chi connectivity index (χ4n) is 1.30. The van der Waals surface area contributed by atoms with Crippen molar-refractivity contribution < 1.29 is 15.0 Å². The molecule has 0 aliphatic heterocycles. The van der Waals surface area contributed by atoms with Crippen molar-refractivity contribution in [1.82, 2.24) is 10.3 Å². The van der Waals surface area contributed by atoms with Gasteiger partial charge in [0.2, 0.25) is 0 Å². The lowest BCUT2D eigenvalue weighted by molar-refractivity contribution is 0.0948. The number of hydrogen-bond acceptors (Lipinski definition) is 5. The Morgan fingerprint density at radius 2 is 2.24 bits per heavy atom. The first-order chi connectivity index (χ1) is 8.16. The Hall–Kier alpha value is -2.08. The molecule has 0 bridgehead atoms. The molecule has 0 spiro atoms. The van der Waals surface area contributed by atoms with Crippen LogP contribution >= 0.6 is 11.3 Å². The number of aromatic nitrogens is 1. The average Bonchev–Trinajstić information content (AvgIpc) is 2.78. The molecule has 0 radical (unpaired) electrons. The van der Waals surface area contributed by atoms with Gasteiger partial charge in [0.15, 0.2) is 0 Å². The van der Waals surface area contributed by atoms with Crippen molar-refractivity contribution in [3.63, 3.8) is 0 Å². The molecule has 0 aliphatic rings. The molecular formula is C11H10N2O3S. The van der Waals surface area contributed by atoms with Gasteiger partial charge in [-0.25, -0.2) is 0 Å². The predicted octanol–water partition coefficient (Wildman–Crippen LogP) is 1.48. The fourth-order valence-corrected chi connectivity index (χ4v) is 1.84. The molecule has 88 valence electrons. The van der Waals surface area contributed by atoms with E-state index in [9.17, 15) is 9.90 Å². The maximum atomic E-state index is 11.7. The number of amides is 1. The monoisotopic (exact) mass is 250 g/mol. The number of rotatable bonds is 3. The topological polar surface area (TPSA) is 82.5 Å². The highest BCUT2D eigenvalue weighted by atomic mass is 32.1. The summed E-state index contributed by atoms with van der Waals surface area (Å²) in [6.07, 6.45) is 1.67. The molecule has 1 amide bonds. The van der Waals surface area contributed by atoms with Crippen LogP contribution in [-0.2, 0) is 6.54 Å². The Labute approximate surface area is 101 Å². The highest BCUT2D eigenvalue weighted by Crippen LogP contribution is 2.22. The smallest absolute Gasteiger partial charge is 0.255 e. The van der Waals surface area contributed by atoms with Crippen LogP contribution in [0.1, 0.15) is 15.2 Å². The van der Waals surface area contributed by atoms with Crippen LogP contribution in [0.2, 0.25) is 0 Å². The number of carbonyl (C=O) groups is 1. The SMILES string of the molecule is O=C(NCc1cncs1)c1ccc(O)cc1O. The number of phenols is 2. The van der Waals surface area contributed by atoms with E-state index in [0.717, 1.165) is 10.9 Å². The zero-order valence-corrected chi connectivity index (χ0v) is 9.57. The van der Waals surface area contributed by atoms with Crippen LogP contribution in [0.15, 0.2) is 29.9 Å². The summed E-state index contributed by atoms with van der Waals surface area (Å²) in [4.78, 5) is 16.5. The molecule has 2 rings (SSSR count). The number of aromatic hydroxyl groups is 2. The van der Waals surface area contributed by atoms with Gasteiger partial charge < -0.3 is 15.5 Å². The number of nitrogens with zero attached hydrogens (tertiary/aromatic N) is 1. The number of carbonyl (C=O) groups excluding carboxylic acids is 1. The molecule has 3 N–H and O–H groups in total. The minimum atomic E-state index is -0.393. The first kappa shape index (κ1) is 11.4. The zero-order chi connectivity index (χ0) is 12.3. The van der Waals surface area contributed by atoms with Gasteiger partial charge >= 0.3 is 0 Å². The van der Waals surface area contributed by atoms with Crippen LogP contribution in [0.3, 0.4) is 0 Å². The summed E-state index contributed by atoms with van der Waals surface area (Å²) in [5, 5.41) is 21.2. The van der Waals surface area contributed by atoms with E-state index in [1.54, 1.807) is 11.7 Å². The first-order valence-electron chi connectivity index (χ1n) is 4.84. The third kappa shape index (κ3) is 2.73. The standard InChI is InChI=1S/C11H10N2O3S/c14-7-1-2-9(10(15)3-7)11(16)13-5-8-4-12-6-17-8/h1-4,6,14-15H,5H2,(H,13,16). The van der Waals surface area contributed by atoms with Gasteiger partial charge in [0.25, 0.3) is 5.91 Å². The quantitative estimate of drug-likeness (QED) is 0.770. The number of hydrogen-bond donors (Lipinski definition) is 3. The van der Waals surface area contributed by atoms with Crippen molar-refractivity contribution in [1.29, 1.82) is 0 Å². The van der Waals surface area contributed by atoms with Crippen molar-refractivity contribution in [3.8, 4) is 11.5 Å². The molecule has 0 atom stereocenters. The molecular weight excluding hydrogens is 240 g/mol. The van der Waals surface area contributed by atoms with Crippen molar-refractivity contribution >= 4 is 17.2 Å². The van der Waals surface area contributed by atoms with Gasteiger partial charge in [0, 0.05) is 17.1 Å². The lowest BCUT2D eigenvalue weighted by atomic mass is 10.2. The number of phenolic OH excluding ortho intramolecular Hbond substituents is 2. The first-order valence-corrected chi connectivity index (χ1v) is 5.72. The van der Waals surface area contributed by atoms with E-state index in [0.29, 0.717) is 6.54 Å². The molecule has 17 heavy (non-hydrogen) atoms.